The van der Waals surface area contributed by atoms with Crippen molar-refractivity contribution in [2.75, 3.05) is 0 Å². The topological polar surface area (TPSA) is 46.2 Å². The normalized spacial score (nSPS) is 20.4. The summed E-state index contributed by atoms with van der Waals surface area (Å²) in [6.45, 7) is 0.627. The van der Waals surface area contributed by atoms with Crippen LogP contribution in [0.5, 0.6) is 0 Å². The summed E-state index contributed by atoms with van der Waals surface area (Å²) in [7, 11) is 2.02. The maximum Gasteiger partial charge on any atom is 0.170 e. The molecule has 6 heteroatoms. The van der Waals surface area contributed by atoms with Gasteiger partial charge in [-0.25, -0.2) is 0 Å². The first-order chi connectivity index (χ1) is 11.7. The number of hydrogen-bond acceptors (Lipinski definition) is 3. The third kappa shape index (κ3) is 2.69. The molecule has 4 heterocycles. The second kappa shape index (κ2) is 6.13. The van der Waals surface area contributed by atoms with E-state index in [1.54, 1.807) is 6.26 Å². The number of furan rings is 1. The van der Waals surface area contributed by atoms with Crippen molar-refractivity contribution in [1.82, 2.24) is 19.8 Å². The molecule has 0 bridgehead atoms. The van der Waals surface area contributed by atoms with Crippen LogP contribution in [0.4, 0.5) is 0 Å². The second-order valence-corrected chi connectivity index (χ2v) is 6.33. The van der Waals surface area contributed by atoms with Crippen LogP contribution in [0.1, 0.15) is 29.1 Å². The number of aryl methyl sites for hydroxylation is 1. The zero-order valence-electron chi connectivity index (χ0n) is 13.3. The molecule has 1 saturated heterocycles. The summed E-state index contributed by atoms with van der Waals surface area (Å²) in [6.07, 6.45) is 7.69. The maximum absolute atomic E-state index is 5.61. The lowest BCUT2D eigenvalue weighted by atomic mass is 9.99. The molecule has 3 aromatic heterocycles. The Morgan fingerprint density at radius 1 is 1.25 bits per heavy atom. The zero-order valence-corrected chi connectivity index (χ0v) is 14.1. The summed E-state index contributed by atoms with van der Waals surface area (Å²) in [5, 5.41) is 4.15. The lowest BCUT2D eigenvalue weighted by Gasteiger charge is -2.26. The van der Waals surface area contributed by atoms with Gasteiger partial charge in [0.1, 0.15) is 5.76 Å². The predicted octanol–water partition coefficient (Wildman–Crippen LogP) is 3.19. The molecule has 0 saturated carbocycles. The molecule has 1 fully saturated rings. The highest BCUT2D eigenvalue weighted by molar-refractivity contribution is 7.80. The number of thiocarbonyl (C=S) groups is 1. The van der Waals surface area contributed by atoms with Crippen molar-refractivity contribution < 1.29 is 4.42 Å². The quantitative estimate of drug-likeness (QED) is 0.740. The molecule has 3 aromatic rings. The van der Waals surface area contributed by atoms with Gasteiger partial charge in [0.2, 0.25) is 0 Å². The van der Waals surface area contributed by atoms with Gasteiger partial charge >= 0.3 is 0 Å². The van der Waals surface area contributed by atoms with Crippen LogP contribution in [0.15, 0.2) is 65.7 Å². The van der Waals surface area contributed by atoms with Crippen molar-refractivity contribution in [3.8, 4) is 0 Å². The van der Waals surface area contributed by atoms with Gasteiger partial charge in [-0.3, -0.25) is 4.98 Å². The Morgan fingerprint density at radius 2 is 2.17 bits per heavy atom. The van der Waals surface area contributed by atoms with Gasteiger partial charge in [0, 0.05) is 25.6 Å². The van der Waals surface area contributed by atoms with Crippen LogP contribution in [0.3, 0.4) is 0 Å². The van der Waals surface area contributed by atoms with Gasteiger partial charge in [0.05, 0.1) is 30.6 Å². The second-order valence-electron chi connectivity index (χ2n) is 5.94. The van der Waals surface area contributed by atoms with Gasteiger partial charge in [-0.1, -0.05) is 6.07 Å². The van der Waals surface area contributed by atoms with E-state index in [-0.39, 0.29) is 12.1 Å². The summed E-state index contributed by atoms with van der Waals surface area (Å²) in [4.78, 5) is 6.70. The van der Waals surface area contributed by atoms with Crippen LogP contribution in [0.25, 0.3) is 0 Å². The van der Waals surface area contributed by atoms with Crippen molar-refractivity contribution in [2.45, 2.75) is 18.6 Å². The summed E-state index contributed by atoms with van der Waals surface area (Å²) in [6, 6.07) is 12.0. The van der Waals surface area contributed by atoms with Crippen LogP contribution < -0.4 is 5.32 Å². The maximum atomic E-state index is 5.61. The molecule has 5 nitrogen and oxygen atoms in total. The third-order valence-corrected chi connectivity index (χ3v) is 4.65. The standard InChI is InChI=1S/C18H18N4OS/c1-21-9-7-13(11-21)17-16(15-6-2-3-8-19-15)20-18(24)22(17)12-14-5-4-10-23-14/h2-11,16-17H,12H2,1H3,(H,20,24)/t16-,17-/m1/s1. The van der Waals surface area contributed by atoms with E-state index in [4.69, 9.17) is 16.6 Å². The molecular formula is C18H18N4OS. The Labute approximate surface area is 145 Å². The molecule has 0 spiro atoms. The van der Waals surface area contributed by atoms with Crippen molar-refractivity contribution >= 4 is 17.3 Å². The third-order valence-electron chi connectivity index (χ3n) is 4.30. The average molecular weight is 338 g/mol. The molecule has 0 unspecified atom stereocenters. The van der Waals surface area contributed by atoms with Gasteiger partial charge in [-0.05, 0) is 48.1 Å². The fraction of sp³-hybridized carbons (Fsp3) is 0.222. The Balaban J connectivity index is 1.73. The molecular weight excluding hydrogens is 320 g/mol. The minimum absolute atomic E-state index is 0.0102. The zero-order chi connectivity index (χ0) is 16.5. The van der Waals surface area contributed by atoms with Crippen LogP contribution in [0.2, 0.25) is 0 Å². The fourth-order valence-electron chi connectivity index (χ4n) is 3.21. The molecule has 1 aliphatic rings. The van der Waals surface area contributed by atoms with Gasteiger partial charge in [-0.2, -0.15) is 0 Å². The highest BCUT2D eigenvalue weighted by atomic mass is 32.1. The summed E-state index contributed by atoms with van der Waals surface area (Å²) >= 11 is 5.61. The Hall–Kier alpha value is -2.60. The minimum Gasteiger partial charge on any atom is -0.467 e. The van der Waals surface area contributed by atoms with Crippen molar-refractivity contribution in [2.24, 2.45) is 7.05 Å². The molecule has 0 aromatic carbocycles. The Bertz CT molecular complexity index is 828. The molecule has 2 atom stereocenters. The van der Waals surface area contributed by atoms with Gasteiger partial charge < -0.3 is 19.2 Å². The van der Waals surface area contributed by atoms with E-state index in [0.717, 1.165) is 16.6 Å². The van der Waals surface area contributed by atoms with Gasteiger partial charge in [0.15, 0.2) is 5.11 Å². The molecule has 24 heavy (non-hydrogen) atoms. The SMILES string of the molecule is Cn1ccc([C@@H]2[C@@H](c3ccccn3)NC(=S)N2Cc2ccco2)c1. The number of aromatic nitrogens is 2. The first-order valence-corrected chi connectivity index (χ1v) is 8.25. The van der Waals surface area contributed by atoms with Crippen molar-refractivity contribution in [3.05, 3.63) is 78.3 Å². The predicted molar refractivity (Wildman–Crippen MR) is 95.1 cm³/mol. The van der Waals surface area contributed by atoms with E-state index >= 15 is 0 Å². The smallest absolute Gasteiger partial charge is 0.170 e. The molecule has 0 radical (unpaired) electrons. The number of rotatable bonds is 4. The van der Waals surface area contributed by atoms with E-state index in [1.807, 2.05) is 43.6 Å². The van der Waals surface area contributed by atoms with Crippen LogP contribution in [-0.2, 0) is 13.6 Å². The first-order valence-electron chi connectivity index (χ1n) is 7.85. The largest absolute Gasteiger partial charge is 0.467 e. The monoisotopic (exact) mass is 338 g/mol. The van der Waals surface area contributed by atoms with E-state index in [0.29, 0.717) is 6.54 Å². The summed E-state index contributed by atoms with van der Waals surface area (Å²) in [5.41, 5.74) is 2.18. The highest BCUT2D eigenvalue weighted by Crippen LogP contribution is 2.39. The lowest BCUT2D eigenvalue weighted by Crippen LogP contribution is -2.28. The number of nitrogens with one attached hydrogen (secondary N) is 1. The molecule has 0 amide bonds. The van der Waals surface area contributed by atoms with E-state index in [9.17, 15) is 0 Å². The minimum atomic E-state index is 0.0102. The summed E-state index contributed by atoms with van der Waals surface area (Å²) in [5.74, 6) is 0.891. The van der Waals surface area contributed by atoms with Crippen LogP contribution >= 0.6 is 12.2 Å². The number of hydrogen-bond donors (Lipinski definition) is 1. The van der Waals surface area contributed by atoms with E-state index in [1.165, 1.54) is 5.56 Å². The van der Waals surface area contributed by atoms with E-state index < -0.39 is 0 Å². The van der Waals surface area contributed by atoms with Crippen molar-refractivity contribution in [3.63, 3.8) is 0 Å². The fourth-order valence-corrected chi connectivity index (χ4v) is 3.51. The Kier molecular flexibility index (Phi) is 3.82. The molecule has 122 valence electrons. The number of pyridine rings is 1. The van der Waals surface area contributed by atoms with Crippen molar-refractivity contribution in [1.29, 1.82) is 0 Å². The summed E-state index contributed by atoms with van der Waals surface area (Å²) < 4.78 is 7.58. The highest BCUT2D eigenvalue weighted by Gasteiger charge is 2.40. The Morgan fingerprint density at radius 3 is 2.83 bits per heavy atom. The van der Waals surface area contributed by atoms with Gasteiger partial charge in [-0.15, -0.1) is 0 Å². The molecule has 1 aliphatic heterocycles. The van der Waals surface area contributed by atoms with E-state index in [2.05, 4.69) is 38.2 Å². The number of nitrogens with zero attached hydrogens (tertiary/aromatic N) is 3. The van der Waals surface area contributed by atoms with Crippen LogP contribution in [0, 0.1) is 0 Å². The molecule has 4 rings (SSSR count). The molecule has 0 aliphatic carbocycles. The van der Waals surface area contributed by atoms with Gasteiger partial charge in [0.25, 0.3) is 0 Å². The van der Waals surface area contributed by atoms with Crippen LogP contribution in [-0.4, -0.2) is 19.6 Å². The average Bonchev–Trinajstić information content (AvgIpc) is 3.31. The molecule has 1 N–H and O–H groups in total. The lowest BCUT2D eigenvalue weighted by molar-refractivity contribution is 0.287. The first kappa shape index (κ1) is 15.0.